The van der Waals surface area contributed by atoms with Gasteiger partial charge in [0.25, 0.3) is 5.56 Å². The minimum atomic E-state index is -0.466. The maximum Gasteiger partial charge on any atom is 0.344 e. The van der Waals surface area contributed by atoms with E-state index in [0.717, 1.165) is 10.3 Å². The topological polar surface area (TPSA) is 102 Å². The number of rotatable bonds is 5. The zero-order chi connectivity index (χ0) is 21.6. The van der Waals surface area contributed by atoms with Crippen LogP contribution >= 0.6 is 0 Å². The molecule has 0 aliphatic carbocycles. The number of hydrogen-bond donors (Lipinski definition) is 0. The third-order valence-corrected chi connectivity index (χ3v) is 4.90. The number of esters is 1. The van der Waals surface area contributed by atoms with E-state index in [-0.39, 0.29) is 18.9 Å². The molecular weight excluding hydrogens is 390 g/mol. The molecule has 0 saturated heterocycles. The monoisotopic (exact) mass is 411 g/mol. The molecule has 0 radical (unpaired) electrons. The molecule has 10 heteroatoms. The summed E-state index contributed by atoms with van der Waals surface area (Å²) in [6.07, 6.45) is 1.78. The van der Waals surface area contributed by atoms with Crippen molar-refractivity contribution in [3.63, 3.8) is 0 Å². The predicted molar refractivity (Wildman–Crippen MR) is 109 cm³/mol. The van der Waals surface area contributed by atoms with Crippen molar-refractivity contribution in [2.24, 2.45) is 14.1 Å². The number of imidazole rings is 2. The predicted octanol–water partition coefficient (Wildman–Crippen LogP) is 0.926. The van der Waals surface area contributed by atoms with Gasteiger partial charge in [0, 0.05) is 26.0 Å². The van der Waals surface area contributed by atoms with Crippen LogP contribution in [-0.2, 0) is 23.6 Å². The van der Waals surface area contributed by atoms with Gasteiger partial charge in [0.1, 0.15) is 5.75 Å². The van der Waals surface area contributed by atoms with Crippen LogP contribution in [0.4, 0.5) is 0 Å². The number of carbonyl (C=O) groups excluding carboxylic acids is 1. The lowest BCUT2D eigenvalue weighted by molar-refractivity contribution is -0.145. The van der Waals surface area contributed by atoms with E-state index in [1.54, 1.807) is 36.7 Å². The summed E-state index contributed by atoms with van der Waals surface area (Å²) in [5.41, 5.74) is 1.16. The Hall–Kier alpha value is -3.82. The molecule has 4 aromatic rings. The lowest BCUT2D eigenvalue weighted by Crippen LogP contribution is -2.37. The number of carbonyl (C=O) groups is 1. The fourth-order valence-electron chi connectivity index (χ4n) is 3.49. The number of benzene rings is 1. The van der Waals surface area contributed by atoms with Crippen molar-refractivity contribution in [2.45, 2.75) is 13.8 Å². The van der Waals surface area contributed by atoms with Gasteiger partial charge in [0.15, 0.2) is 17.8 Å². The number of hydrogen-bond acceptors (Lipinski definition) is 6. The molecule has 0 aliphatic heterocycles. The van der Waals surface area contributed by atoms with E-state index in [2.05, 4.69) is 4.98 Å². The highest BCUT2D eigenvalue weighted by Gasteiger charge is 2.21. The van der Waals surface area contributed by atoms with Crippen molar-refractivity contribution in [3.05, 3.63) is 57.0 Å². The number of nitrogens with zero attached hydrogens (tertiary/aromatic N) is 5. The fourth-order valence-corrected chi connectivity index (χ4v) is 3.49. The van der Waals surface area contributed by atoms with Crippen LogP contribution in [0.1, 0.15) is 12.6 Å². The van der Waals surface area contributed by atoms with Gasteiger partial charge >= 0.3 is 11.7 Å². The number of para-hydroxylation sites is 2. The summed E-state index contributed by atoms with van der Waals surface area (Å²) in [7, 11) is 3.01. The second-order valence-electron chi connectivity index (χ2n) is 6.83. The minimum Gasteiger partial charge on any atom is -0.480 e. The molecule has 156 valence electrons. The summed E-state index contributed by atoms with van der Waals surface area (Å²) in [5.74, 6) is 0.445. The molecule has 3 heterocycles. The first-order valence-corrected chi connectivity index (χ1v) is 9.39. The standard InChI is InChI=1S/C20H21N5O5/c1-5-29-15(26)11-30-14-9-7-6-8-13(14)25-12(2)10-24-16-17(21-19(24)25)22(3)20(28)23(4)18(16)27/h6-10H,5,11H2,1-4H3. The largest absolute Gasteiger partial charge is 0.480 e. The highest BCUT2D eigenvalue weighted by molar-refractivity contribution is 5.77. The Bertz CT molecular complexity index is 1410. The van der Waals surface area contributed by atoms with Crippen LogP contribution in [0, 0.1) is 6.92 Å². The lowest BCUT2D eigenvalue weighted by atomic mass is 10.3. The first kappa shape index (κ1) is 19.5. The van der Waals surface area contributed by atoms with Gasteiger partial charge in [-0.05, 0) is 26.0 Å². The average molecular weight is 411 g/mol. The van der Waals surface area contributed by atoms with Gasteiger partial charge in [-0.25, -0.2) is 9.59 Å². The van der Waals surface area contributed by atoms with Crippen molar-refractivity contribution in [1.29, 1.82) is 0 Å². The van der Waals surface area contributed by atoms with E-state index in [1.165, 1.54) is 11.6 Å². The van der Waals surface area contributed by atoms with Crippen LogP contribution in [0.3, 0.4) is 0 Å². The Labute approximate surface area is 170 Å². The maximum absolute atomic E-state index is 12.7. The molecule has 1 aromatic carbocycles. The van der Waals surface area contributed by atoms with Crippen LogP contribution in [0.15, 0.2) is 40.1 Å². The van der Waals surface area contributed by atoms with Crippen molar-refractivity contribution in [1.82, 2.24) is 23.1 Å². The van der Waals surface area contributed by atoms with Gasteiger partial charge in [-0.2, -0.15) is 4.98 Å². The van der Waals surface area contributed by atoms with E-state index in [0.29, 0.717) is 22.7 Å². The molecule has 0 saturated carbocycles. The molecule has 0 fully saturated rings. The zero-order valence-electron chi connectivity index (χ0n) is 17.1. The SMILES string of the molecule is CCOC(=O)COc1ccccc1-n1c(C)cn2c3c(=O)n(C)c(=O)n(C)c3nc12. The van der Waals surface area contributed by atoms with Crippen LogP contribution < -0.4 is 16.0 Å². The Morgan fingerprint density at radius 1 is 1.13 bits per heavy atom. The first-order chi connectivity index (χ1) is 14.3. The Morgan fingerprint density at radius 3 is 2.60 bits per heavy atom. The first-order valence-electron chi connectivity index (χ1n) is 9.39. The van der Waals surface area contributed by atoms with Gasteiger partial charge in [-0.3, -0.25) is 22.9 Å². The summed E-state index contributed by atoms with van der Waals surface area (Å²) >= 11 is 0. The molecule has 0 aliphatic rings. The fraction of sp³-hybridized carbons (Fsp3) is 0.300. The average Bonchev–Trinajstić information content (AvgIpc) is 3.24. The van der Waals surface area contributed by atoms with Crippen molar-refractivity contribution < 1.29 is 14.3 Å². The molecule has 10 nitrogen and oxygen atoms in total. The molecule has 0 spiro atoms. The number of ether oxygens (including phenoxy) is 2. The Balaban J connectivity index is 1.93. The van der Waals surface area contributed by atoms with Crippen molar-refractivity contribution >= 4 is 22.9 Å². The maximum atomic E-state index is 12.7. The molecule has 0 unspecified atom stereocenters. The molecule has 0 atom stereocenters. The third-order valence-electron chi connectivity index (χ3n) is 4.90. The van der Waals surface area contributed by atoms with Gasteiger partial charge in [-0.15, -0.1) is 0 Å². The summed E-state index contributed by atoms with van der Waals surface area (Å²) in [6, 6.07) is 7.19. The molecule has 0 N–H and O–H groups in total. The van der Waals surface area contributed by atoms with E-state index in [1.807, 2.05) is 23.6 Å². The second-order valence-corrected chi connectivity index (χ2v) is 6.83. The number of aromatic nitrogens is 5. The Morgan fingerprint density at radius 2 is 1.87 bits per heavy atom. The number of aryl methyl sites for hydroxylation is 2. The van der Waals surface area contributed by atoms with Crippen LogP contribution in [0.5, 0.6) is 5.75 Å². The number of fused-ring (bicyclic) bond motifs is 3. The van der Waals surface area contributed by atoms with Crippen LogP contribution in [0.25, 0.3) is 22.6 Å². The van der Waals surface area contributed by atoms with E-state index >= 15 is 0 Å². The zero-order valence-corrected chi connectivity index (χ0v) is 17.1. The Kier molecular flexibility index (Phi) is 4.69. The van der Waals surface area contributed by atoms with Gasteiger partial charge in [0.05, 0.1) is 12.3 Å². The van der Waals surface area contributed by atoms with Gasteiger partial charge < -0.3 is 9.47 Å². The van der Waals surface area contributed by atoms with Gasteiger partial charge in [0.2, 0.25) is 5.78 Å². The van der Waals surface area contributed by atoms with Crippen molar-refractivity contribution in [3.8, 4) is 11.4 Å². The summed E-state index contributed by atoms with van der Waals surface area (Å²) in [5, 5.41) is 0. The second kappa shape index (κ2) is 7.21. The van der Waals surface area contributed by atoms with Crippen molar-refractivity contribution in [2.75, 3.05) is 13.2 Å². The summed E-state index contributed by atoms with van der Waals surface area (Å²) in [4.78, 5) is 41.3. The molecular formula is C20H21N5O5. The molecule has 0 bridgehead atoms. The molecule has 3 aromatic heterocycles. The highest BCUT2D eigenvalue weighted by atomic mass is 16.6. The quantitative estimate of drug-likeness (QED) is 0.453. The van der Waals surface area contributed by atoms with E-state index in [4.69, 9.17) is 9.47 Å². The summed E-state index contributed by atoms with van der Waals surface area (Å²) < 4.78 is 16.5. The minimum absolute atomic E-state index is 0.229. The van der Waals surface area contributed by atoms with Crippen LogP contribution in [0.2, 0.25) is 0 Å². The summed E-state index contributed by atoms with van der Waals surface area (Å²) in [6.45, 7) is 3.64. The van der Waals surface area contributed by atoms with E-state index < -0.39 is 17.2 Å². The third kappa shape index (κ3) is 2.88. The molecule has 4 rings (SSSR count). The van der Waals surface area contributed by atoms with Gasteiger partial charge in [-0.1, -0.05) is 12.1 Å². The molecule has 0 amide bonds. The lowest BCUT2D eigenvalue weighted by Gasteiger charge is -2.13. The highest BCUT2D eigenvalue weighted by Crippen LogP contribution is 2.28. The smallest absolute Gasteiger partial charge is 0.344 e. The van der Waals surface area contributed by atoms with E-state index in [9.17, 15) is 14.4 Å². The normalized spacial score (nSPS) is 11.3. The molecule has 30 heavy (non-hydrogen) atoms. The van der Waals surface area contributed by atoms with Crippen LogP contribution in [-0.4, -0.2) is 42.3 Å².